The normalized spacial score (nSPS) is 11.9. The maximum atomic E-state index is 10.4. The molecule has 0 aliphatic heterocycles. The van der Waals surface area contributed by atoms with Gasteiger partial charge in [-0.2, -0.15) is 0 Å². The molecule has 25 heavy (non-hydrogen) atoms. The van der Waals surface area contributed by atoms with Crippen molar-refractivity contribution >= 4 is 6.47 Å². The van der Waals surface area contributed by atoms with Crippen LogP contribution in [0.15, 0.2) is 48.5 Å². The minimum absolute atomic E-state index is 0.120. The zero-order valence-electron chi connectivity index (χ0n) is 15.8. The van der Waals surface area contributed by atoms with Gasteiger partial charge in [-0.1, -0.05) is 52.0 Å². The van der Waals surface area contributed by atoms with Crippen molar-refractivity contribution in [2.75, 3.05) is 0 Å². The van der Waals surface area contributed by atoms with Crippen molar-refractivity contribution in [2.24, 2.45) is 0 Å². The van der Waals surface area contributed by atoms with Crippen molar-refractivity contribution in [3.05, 3.63) is 59.7 Å². The summed E-state index contributed by atoms with van der Waals surface area (Å²) in [6.45, 7) is 11.3. The number of benzene rings is 2. The molecule has 0 spiro atoms. The quantitative estimate of drug-likeness (QED) is 0.595. The summed E-state index contributed by atoms with van der Waals surface area (Å²) in [5, 5.41) is 0. The van der Waals surface area contributed by atoms with E-state index in [2.05, 4.69) is 46.8 Å². The van der Waals surface area contributed by atoms with E-state index in [1.165, 1.54) is 5.56 Å². The molecule has 2 aromatic rings. The van der Waals surface area contributed by atoms with Crippen LogP contribution in [0.3, 0.4) is 0 Å². The topological polar surface area (TPSA) is 35.5 Å². The molecule has 0 saturated carbocycles. The number of carbonyl (C=O) groups excluding carboxylic acids is 1. The number of rotatable bonds is 8. The van der Waals surface area contributed by atoms with E-state index in [0.717, 1.165) is 24.2 Å². The van der Waals surface area contributed by atoms with E-state index in [1.54, 1.807) is 0 Å². The lowest BCUT2D eigenvalue weighted by Gasteiger charge is -2.30. The molecule has 134 valence electrons. The van der Waals surface area contributed by atoms with Crippen LogP contribution in [0.4, 0.5) is 0 Å². The molecule has 3 nitrogen and oxygen atoms in total. The Hall–Kier alpha value is -2.29. The van der Waals surface area contributed by atoms with Crippen molar-refractivity contribution < 1.29 is 14.3 Å². The minimum Gasteiger partial charge on any atom is -0.488 e. The Morgan fingerprint density at radius 3 is 1.64 bits per heavy atom. The fraction of sp³-hybridized carbons (Fsp3) is 0.409. The van der Waals surface area contributed by atoms with E-state index in [1.807, 2.05) is 36.4 Å². The molecule has 0 unspecified atom stereocenters. The van der Waals surface area contributed by atoms with Crippen LogP contribution in [0.25, 0.3) is 0 Å². The van der Waals surface area contributed by atoms with Crippen LogP contribution >= 0.6 is 0 Å². The monoisotopic (exact) mass is 340 g/mol. The molecular formula is C22H28O3. The summed E-state index contributed by atoms with van der Waals surface area (Å²) in [5.74, 6) is 1.46. The molecule has 0 aromatic heterocycles. The smallest absolute Gasteiger partial charge is 0.298 e. The summed E-state index contributed by atoms with van der Waals surface area (Å²) in [5.41, 5.74) is 2.09. The van der Waals surface area contributed by atoms with Gasteiger partial charge in [0.25, 0.3) is 6.47 Å². The molecule has 0 radical (unpaired) electrons. The van der Waals surface area contributed by atoms with Crippen molar-refractivity contribution in [2.45, 2.75) is 58.5 Å². The summed E-state index contributed by atoms with van der Waals surface area (Å²) < 4.78 is 11.0. The van der Waals surface area contributed by atoms with E-state index in [9.17, 15) is 4.79 Å². The fourth-order valence-corrected chi connectivity index (χ4v) is 2.79. The SMILES string of the molecule is CCC(C)(CC)Oc1ccc(C(C)(C)c2ccc(OC=O)cc2)cc1. The van der Waals surface area contributed by atoms with Gasteiger partial charge < -0.3 is 9.47 Å². The predicted octanol–water partition coefficient (Wildman–Crippen LogP) is 5.51. The standard InChI is InChI=1S/C22H28O3/c1-6-22(5,7-2)25-20-14-10-18(11-15-20)21(3,4)17-8-12-19(13-9-17)24-16-23/h8-16H,6-7H2,1-5H3. The summed E-state index contributed by atoms with van der Waals surface area (Å²) in [4.78, 5) is 10.4. The molecule has 0 atom stereocenters. The van der Waals surface area contributed by atoms with Crippen LogP contribution in [0, 0.1) is 0 Å². The second kappa shape index (κ2) is 7.73. The molecule has 0 aliphatic carbocycles. The zero-order valence-corrected chi connectivity index (χ0v) is 15.8. The number of hydrogen-bond acceptors (Lipinski definition) is 3. The van der Waals surface area contributed by atoms with E-state index < -0.39 is 0 Å². The lowest BCUT2D eigenvalue weighted by atomic mass is 9.78. The first-order valence-electron chi connectivity index (χ1n) is 8.85. The lowest BCUT2D eigenvalue weighted by Crippen LogP contribution is -2.30. The van der Waals surface area contributed by atoms with Crippen LogP contribution in [0.5, 0.6) is 11.5 Å². The van der Waals surface area contributed by atoms with Gasteiger partial charge in [0, 0.05) is 5.41 Å². The Morgan fingerprint density at radius 2 is 1.24 bits per heavy atom. The maximum Gasteiger partial charge on any atom is 0.298 e. The first-order valence-corrected chi connectivity index (χ1v) is 8.85. The molecule has 0 bridgehead atoms. The van der Waals surface area contributed by atoms with Crippen LogP contribution < -0.4 is 9.47 Å². The summed E-state index contributed by atoms with van der Waals surface area (Å²) in [7, 11) is 0. The highest BCUT2D eigenvalue weighted by atomic mass is 16.5. The average molecular weight is 340 g/mol. The van der Waals surface area contributed by atoms with E-state index in [4.69, 9.17) is 9.47 Å². The highest BCUT2D eigenvalue weighted by molar-refractivity contribution is 5.47. The third kappa shape index (κ3) is 4.41. The van der Waals surface area contributed by atoms with Crippen LogP contribution in [-0.2, 0) is 10.2 Å². The first kappa shape index (κ1) is 19.0. The molecule has 0 aliphatic rings. The molecule has 0 amide bonds. The van der Waals surface area contributed by atoms with Crippen molar-refractivity contribution in [1.29, 1.82) is 0 Å². The predicted molar refractivity (Wildman–Crippen MR) is 101 cm³/mol. The van der Waals surface area contributed by atoms with E-state index >= 15 is 0 Å². The average Bonchev–Trinajstić information content (AvgIpc) is 2.63. The number of ether oxygens (including phenoxy) is 2. The Kier molecular flexibility index (Phi) is 5.89. The molecule has 2 rings (SSSR count). The second-order valence-electron chi connectivity index (χ2n) is 7.15. The van der Waals surface area contributed by atoms with Gasteiger partial charge in [0.05, 0.1) is 0 Å². The Bertz CT molecular complexity index is 680. The van der Waals surface area contributed by atoms with Crippen LogP contribution in [0.1, 0.15) is 58.6 Å². The molecule has 2 aromatic carbocycles. The molecule has 0 heterocycles. The lowest BCUT2D eigenvalue weighted by molar-refractivity contribution is -0.120. The summed E-state index contributed by atoms with van der Waals surface area (Å²) in [6, 6.07) is 16.0. The highest BCUT2D eigenvalue weighted by Gasteiger charge is 2.24. The summed E-state index contributed by atoms with van der Waals surface area (Å²) >= 11 is 0. The molecule has 0 saturated heterocycles. The van der Waals surface area contributed by atoms with Crippen molar-refractivity contribution in [1.82, 2.24) is 0 Å². The second-order valence-corrected chi connectivity index (χ2v) is 7.15. The van der Waals surface area contributed by atoms with Gasteiger partial charge in [-0.15, -0.1) is 0 Å². The van der Waals surface area contributed by atoms with E-state index in [0.29, 0.717) is 12.2 Å². The van der Waals surface area contributed by atoms with Gasteiger partial charge in [-0.3, -0.25) is 4.79 Å². The van der Waals surface area contributed by atoms with Gasteiger partial charge >= 0.3 is 0 Å². The van der Waals surface area contributed by atoms with Crippen molar-refractivity contribution in [3.8, 4) is 11.5 Å². The molecule has 0 N–H and O–H groups in total. The Morgan fingerprint density at radius 1 is 0.800 bits per heavy atom. The molecule has 3 heteroatoms. The van der Waals surface area contributed by atoms with Gasteiger partial charge in [-0.25, -0.2) is 0 Å². The highest BCUT2D eigenvalue weighted by Crippen LogP contribution is 2.34. The van der Waals surface area contributed by atoms with Crippen LogP contribution in [-0.4, -0.2) is 12.1 Å². The maximum absolute atomic E-state index is 10.4. The number of hydrogen-bond donors (Lipinski definition) is 0. The zero-order chi connectivity index (χ0) is 18.5. The largest absolute Gasteiger partial charge is 0.488 e. The van der Waals surface area contributed by atoms with E-state index in [-0.39, 0.29) is 11.0 Å². The van der Waals surface area contributed by atoms with Gasteiger partial charge in [0.2, 0.25) is 0 Å². The van der Waals surface area contributed by atoms with Gasteiger partial charge in [-0.05, 0) is 55.2 Å². The summed E-state index contributed by atoms with van der Waals surface area (Å²) in [6.07, 6.45) is 1.96. The minimum atomic E-state index is -0.156. The van der Waals surface area contributed by atoms with Gasteiger partial charge in [0.1, 0.15) is 17.1 Å². The van der Waals surface area contributed by atoms with Crippen LogP contribution in [0.2, 0.25) is 0 Å². The Balaban J connectivity index is 2.20. The third-order valence-corrected chi connectivity index (χ3v) is 5.20. The molecular weight excluding hydrogens is 312 g/mol. The molecule has 0 fully saturated rings. The van der Waals surface area contributed by atoms with Crippen molar-refractivity contribution in [3.63, 3.8) is 0 Å². The fourth-order valence-electron chi connectivity index (χ4n) is 2.79. The third-order valence-electron chi connectivity index (χ3n) is 5.20. The number of carbonyl (C=O) groups is 1. The Labute approximate surface area is 151 Å². The first-order chi connectivity index (χ1) is 11.8. The van der Waals surface area contributed by atoms with Gasteiger partial charge in [0.15, 0.2) is 0 Å².